The minimum absolute atomic E-state index is 0.293. The molecule has 0 heterocycles. The first kappa shape index (κ1) is 30.1. The summed E-state index contributed by atoms with van der Waals surface area (Å²) < 4.78 is 178. The Bertz CT molecular complexity index is 819. The molecule has 0 saturated heterocycles. The summed E-state index contributed by atoms with van der Waals surface area (Å²) in [5, 5.41) is 0. The van der Waals surface area contributed by atoms with Gasteiger partial charge in [0.05, 0.1) is 6.10 Å². The fourth-order valence-electron chi connectivity index (χ4n) is 3.01. The highest BCUT2D eigenvalue weighted by Gasteiger charge is 2.90. The van der Waals surface area contributed by atoms with Crippen LogP contribution in [0.2, 0.25) is 0 Å². The maximum absolute atomic E-state index is 14.2. The number of alkyl halides is 13. The minimum Gasteiger partial charge on any atom is -0.377 e. The normalized spacial score (nSPS) is 15.4. The van der Waals surface area contributed by atoms with Gasteiger partial charge in [-0.1, -0.05) is 12.1 Å². The van der Waals surface area contributed by atoms with Crippen molar-refractivity contribution in [1.29, 1.82) is 0 Å². The highest BCUT2D eigenvalue weighted by Crippen LogP contribution is 2.61. The van der Waals surface area contributed by atoms with Crippen LogP contribution in [0.15, 0.2) is 24.3 Å². The van der Waals surface area contributed by atoms with Crippen LogP contribution in [-0.4, -0.2) is 56.0 Å². The molecular weight excluding hydrogens is 505 g/mol. The Hall–Kier alpha value is -1.93. The molecule has 0 radical (unpaired) electrons. The van der Waals surface area contributed by atoms with Gasteiger partial charge in [-0.2, -0.15) is 57.1 Å². The molecule has 0 bridgehead atoms. The highest BCUT2D eigenvalue weighted by molar-refractivity contribution is 5.49. The Balaban J connectivity index is 3.42. The van der Waals surface area contributed by atoms with Gasteiger partial charge in [-0.3, -0.25) is 0 Å². The van der Waals surface area contributed by atoms with Crippen LogP contribution in [0, 0.1) is 0 Å². The number of rotatable bonds is 11. The van der Waals surface area contributed by atoms with E-state index in [1.54, 1.807) is 18.7 Å². The van der Waals surface area contributed by atoms with Gasteiger partial charge in [-0.15, -0.1) is 0 Å². The van der Waals surface area contributed by atoms with Crippen LogP contribution >= 0.6 is 0 Å². The Labute approximate surface area is 185 Å². The molecule has 0 N–H and O–H groups in total. The average Bonchev–Trinajstić information content (AvgIpc) is 2.71. The van der Waals surface area contributed by atoms with Crippen LogP contribution in [0.4, 0.5) is 62.8 Å². The number of ether oxygens (including phenoxy) is 1. The van der Waals surface area contributed by atoms with Crippen molar-refractivity contribution in [1.82, 2.24) is 0 Å². The zero-order chi connectivity index (χ0) is 27.0. The van der Waals surface area contributed by atoms with E-state index in [2.05, 4.69) is 4.74 Å². The zero-order valence-corrected chi connectivity index (χ0v) is 17.8. The minimum atomic E-state index is -7.92. The van der Waals surface area contributed by atoms with E-state index in [0.29, 0.717) is 25.9 Å². The molecule has 0 aliphatic rings. The summed E-state index contributed by atoms with van der Waals surface area (Å²) >= 11 is 0. The second-order valence-corrected chi connectivity index (χ2v) is 7.20. The summed E-state index contributed by atoms with van der Waals surface area (Å²) in [6.07, 6.45) is -12.0. The van der Waals surface area contributed by atoms with E-state index >= 15 is 0 Å². The van der Waals surface area contributed by atoms with Gasteiger partial charge >= 0.3 is 35.8 Å². The summed E-state index contributed by atoms with van der Waals surface area (Å²) in [6, 6.07) is 4.95. The molecule has 0 spiro atoms. The van der Waals surface area contributed by atoms with Gasteiger partial charge in [0.25, 0.3) is 0 Å². The maximum Gasteiger partial charge on any atom is 0.460 e. The highest BCUT2D eigenvalue weighted by atomic mass is 19.4. The van der Waals surface area contributed by atoms with Crippen LogP contribution in [0.25, 0.3) is 0 Å². The SMILES string of the molecule is CCN(CC)c1cccc(C(CC(F)(F)C(F)(F)C(F)(F)C(F)(F)C(F)(F)C(F)(F)F)OC)c1. The molecule has 0 amide bonds. The van der Waals surface area contributed by atoms with Gasteiger partial charge in [0.1, 0.15) is 0 Å². The molecule has 1 aromatic rings. The second kappa shape index (κ2) is 9.61. The van der Waals surface area contributed by atoms with E-state index in [1.807, 2.05) is 0 Å². The monoisotopic (exact) mass is 525 g/mol. The number of halogens is 13. The van der Waals surface area contributed by atoms with E-state index in [1.165, 1.54) is 12.1 Å². The zero-order valence-electron chi connectivity index (χ0n) is 17.8. The molecule has 2 nitrogen and oxygen atoms in total. The average molecular weight is 525 g/mol. The van der Waals surface area contributed by atoms with Gasteiger partial charge in [0.15, 0.2) is 0 Å². The van der Waals surface area contributed by atoms with Crippen molar-refractivity contribution in [2.24, 2.45) is 0 Å². The molecule has 1 unspecified atom stereocenters. The number of nitrogens with zero attached hydrogens (tertiary/aromatic N) is 1. The molecule has 1 atom stereocenters. The van der Waals surface area contributed by atoms with Gasteiger partial charge in [-0.05, 0) is 31.5 Å². The number of hydrogen-bond acceptors (Lipinski definition) is 2. The third-order valence-corrected chi connectivity index (χ3v) is 5.10. The number of methoxy groups -OCH3 is 1. The van der Waals surface area contributed by atoms with Crippen molar-refractivity contribution in [2.45, 2.75) is 62.2 Å². The lowest BCUT2D eigenvalue weighted by Crippen LogP contribution is -2.70. The maximum atomic E-state index is 14.2. The van der Waals surface area contributed by atoms with Crippen molar-refractivity contribution in [3.8, 4) is 0 Å². The Morgan fingerprint density at radius 2 is 1.21 bits per heavy atom. The smallest absolute Gasteiger partial charge is 0.377 e. The van der Waals surface area contributed by atoms with Gasteiger partial charge in [-0.25, -0.2) is 0 Å². The van der Waals surface area contributed by atoms with Crippen LogP contribution in [0.5, 0.6) is 0 Å². The predicted octanol–water partition coefficient (Wildman–Crippen LogP) is 7.35. The quantitative estimate of drug-likeness (QED) is 0.280. The van der Waals surface area contributed by atoms with E-state index in [-0.39, 0.29) is 5.56 Å². The first-order chi connectivity index (χ1) is 15.2. The first-order valence-electron chi connectivity index (χ1n) is 9.49. The van der Waals surface area contributed by atoms with Crippen molar-refractivity contribution in [3.63, 3.8) is 0 Å². The molecule has 34 heavy (non-hydrogen) atoms. The molecule has 15 heteroatoms. The summed E-state index contributed by atoms with van der Waals surface area (Å²) in [5.41, 5.74) is 0.0689. The molecule has 0 aromatic heterocycles. The first-order valence-corrected chi connectivity index (χ1v) is 9.49. The molecular formula is C19H20F13NO. The molecule has 0 saturated carbocycles. The van der Waals surface area contributed by atoms with Crippen LogP contribution < -0.4 is 4.90 Å². The Morgan fingerprint density at radius 1 is 0.735 bits per heavy atom. The third kappa shape index (κ3) is 4.89. The van der Waals surface area contributed by atoms with Crippen LogP contribution in [-0.2, 0) is 4.74 Å². The van der Waals surface area contributed by atoms with Gasteiger partial charge in [0.2, 0.25) is 0 Å². The number of anilines is 1. The summed E-state index contributed by atoms with van der Waals surface area (Å²) in [6.45, 7) is 4.22. The van der Waals surface area contributed by atoms with E-state index in [0.717, 1.165) is 12.1 Å². The number of hydrogen-bond donors (Lipinski definition) is 0. The van der Waals surface area contributed by atoms with Crippen LogP contribution in [0.3, 0.4) is 0 Å². The molecule has 1 rings (SSSR count). The van der Waals surface area contributed by atoms with Crippen molar-refractivity contribution >= 4 is 5.69 Å². The van der Waals surface area contributed by atoms with Crippen molar-refractivity contribution in [2.75, 3.05) is 25.1 Å². The summed E-state index contributed by atoms with van der Waals surface area (Å²) in [5.74, 6) is -37.0. The fraction of sp³-hybridized carbons (Fsp3) is 0.684. The lowest BCUT2D eigenvalue weighted by atomic mass is 9.90. The van der Waals surface area contributed by atoms with Crippen molar-refractivity contribution in [3.05, 3.63) is 29.8 Å². The summed E-state index contributed by atoms with van der Waals surface area (Å²) in [7, 11) is 0.688. The summed E-state index contributed by atoms with van der Waals surface area (Å²) in [4.78, 5) is 1.66. The lowest BCUT2D eigenvalue weighted by molar-refractivity contribution is -0.440. The largest absolute Gasteiger partial charge is 0.460 e. The molecule has 0 aliphatic heterocycles. The Kier molecular flexibility index (Phi) is 8.51. The molecule has 198 valence electrons. The van der Waals surface area contributed by atoms with Gasteiger partial charge < -0.3 is 9.64 Å². The lowest BCUT2D eigenvalue weighted by Gasteiger charge is -2.40. The molecule has 0 aliphatic carbocycles. The fourth-order valence-corrected chi connectivity index (χ4v) is 3.01. The Morgan fingerprint density at radius 3 is 1.62 bits per heavy atom. The van der Waals surface area contributed by atoms with Crippen LogP contribution in [0.1, 0.15) is 31.9 Å². The van der Waals surface area contributed by atoms with Gasteiger partial charge in [0, 0.05) is 32.3 Å². The predicted molar refractivity (Wildman–Crippen MR) is 95.2 cm³/mol. The molecule has 1 aromatic carbocycles. The second-order valence-electron chi connectivity index (χ2n) is 7.20. The van der Waals surface area contributed by atoms with E-state index in [9.17, 15) is 57.1 Å². The topological polar surface area (TPSA) is 12.5 Å². The van der Waals surface area contributed by atoms with E-state index < -0.39 is 48.3 Å². The standard InChI is InChI=1S/C19H20F13NO/c1-4-33(5-2)12-8-6-7-11(9-12)13(34-3)10-14(20,21)15(22,23)16(24,25)17(26,27)18(28,29)19(30,31)32/h6-9,13H,4-5,10H2,1-3H3. The number of benzene rings is 1. The third-order valence-electron chi connectivity index (χ3n) is 5.10. The molecule has 0 fully saturated rings. The van der Waals surface area contributed by atoms with Crippen molar-refractivity contribution < 1.29 is 61.8 Å². The van der Waals surface area contributed by atoms with E-state index in [4.69, 9.17) is 0 Å².